The van der Waals surface area contributed by atoms with Gasteiger partial charge in [-0.1, -0.05) is 18.2 Å². The molecule has 0 spiro atoms. The summed E-state index contributed by atoms with van der Waals surface area (Å²) >= 11 is 0. The largest absolute Gasteiger partial charge is 0.459 e. The Labute approximate surface area is 161 Å². The molecule has 1 saturated heterocycles. The summed E-state index contributed by atoms with van der Waals surface area (Å²) in [7, 11) is 1.66. The summed E-state index contributed by atoms with van der Waals surface area (Å²) in [5, 5.41) is 3.17. The van der Waals surface area contributed by atoms with Crippen molar-refractivity contribution in [2.24, 2.45) is 4.99 Å². The molecule has 28 heavy (non-hydrogen) atoms. The van der Waals surface area contributed by atoms with Gasteiger partial charge in [-0.2, -0.15) is 8.78 Å². The second-order valence-corrected chi connectivity index (χ2v) is 6.14. The maximum absolute atomic E-state index is 12.5. The molecule has 150 valence electrons. The van der Waals surface area contributed by atoms with Crippen LogP contribution in [-0.4, -0.2) is 61.5 Å². The van der Waals surface area contributed by atoms with Crippen LogP contribution in [0.2, 0.25) is 0 Å². The molecule has 2 heterocycles. The number of aliphatic imine (C=N–C) groups is 1. The Morgan fingerprint density at radius 3 is 2.54 bits per heavy atom. The zero-order chi connectivity index (χ0) is 19.9. The van der Waals surface area contributed by atoms with Crippen LogP contribution in [-0.2, 0) is 6.54 Å². The van der Waals surface area contributed by atoms with E-state index in [4.69, 9.17) is 4.42 Å². The first-order chi connectivity index (χ1) is 13.6. The van der Waals surface area contributed by atoms with Crippen molar-refractivity contribution in [3.05, 3.63) is 54.0 Å². The van der Waals surface area contributed by atoms with Crippen LogP contribution in [0.1, 0.15) is 16.1 Å². The van der Waals surface area contributed by atoms with Crippen LogP contribution in [0, 0.1) is 0 Å². The second-order valence-electron chi connectivity index (χ2n) is 6.14. The molecule has 0 bridgehead atoms. The molecule has 0 atom stereocenters. The van der Waals surface area contributed by atoms with E-state index in [1.54, 1.807) is 42.3 Å². The first kappa shape index (κ1) is 19.7. The monoisotopic (exact) mass is 392 g/mol. The third-order valence-corrected chi connectivity index (χ3v) is 4.44. The summed E-state index contributed by atoms with van der Waals surface area (Å²) in [6, 6.07) is 9.96. The number of furan rings is 1. The molecule has 0 aliphatic carbocycles. The first-order valence-electron chi connectivity index (χ1n) is 8.89. The van der Waals surface area contributed by atoms with Crippen molar-refractivity contribution in [2.45, 2.75) is 13.2 Å². The fourth-order valence-corrected chi connectivity index (χ4v) is 3.04. The Morgan fingerprint density at radius 1 is 1.18 bits per heavy atom. The molecular formula is C19H22F2N4O3. The van der Waals surface area contributed by atoms with Gasteiger partial charge in [-0.3, -0.25) is 9.79 Å². The van der Waals surface area contributed by atoms with Crippen molar-refractivity contribution in [1.29, 1.82) is 0 Å². The zero-order valence-corrected chi connectivity index (χ0v) is 15.5. The van der Waals surface area contributed by atoms with Gasteiger partial charge in [0.25, 0.3) is 5.91 Å². The Kier molecular flexibility index (Phi) is 6.46. The number of hydrogen-bond donors (Lipinski definition) is 1. The second kappa shape index (κ2) is 9.20. The summed E-state index contributed by atoms with van der Waals surface area (Å²) < 4.78 is 34.8. The summed E-state index contributed by atoms with van der Waals surface area (Å²) in [4.78, 5) is 20.3. The molecule has 0 saturated carbocycles. The van der Waals surface area contributed by atoms with E-state index in [0.717, 1.165) is 0 Å². The van der Waals surface area contributed by atoms with Gasteiger partial charge in [0.15, 0.2) is 11.7 Å². The number of halogens is 2. The number of para-hydroxylation sites is 1. The van der Waals surface area contributed by atoms with Crippen LogP contribution in [0.5, 0.6) is 5.75 Å². The summed E-state index contributed by atoms with van der Waals surface area (Å²) in [6.45, 7) is -0.319. The zero-order valence-electron chi connectivity index (χ0n) is 15.5. The summed E-state index contributed by atoms with van der Waals surface area (Å²) in [5.41, 5.74) is 0.607. The lowest BCUT2D eigenvalue weighted by Gasteiger charge is -2.36. The SMILES string of the molecule is CN=C(NCc1ccccc1OC(F)F)N1CCN(C(=O)c2ccco2)CC1. The number of nitrogens with one attached hydrogen (secondary N) is 1. The fourth-order valence-electron chi connectivity index (χ4n) is 3.04. The molecule has 1 fully saturated rings. The molecule has 1 aliphatic heterocycles. The van der Waals surface area contributed by atoms with Crippen LogP contribution in [0.25, 0.3) is 0 Å². The molecule has 1 amide bonds. The van der Waals surface area contributed by atoms with E-state index in [-0.39, 0.29) is 11.7 Å². The Balaban J connectivity index is 1.55. The number of alkyl halides is 2. The number of ether oxygens (including phenoxy) is 1. The minimum absolute atomic E-state index is 0.134. The Morgan fingerprint density at radius 2 is 1.89 bits per heavy atom. The average molecular weight is 392 g/mol. The quantitative estimate of drug-likeness (QED) is 0.625. The topological polar surface area (TPSA) is 70.3 Å². The maximum atomic E-state index is 12.5. The Bertz CT molecular complexity index is 803. The highest BCUT2D eigenvalue weighted by Crippen LogP contribution is 2.20. The molecule has 7 nitrogen and oxygen atoms in total. The van der Waals surface area contributed by atoms with Crippen LogP contribution >= 0.6 is 0 Å². The van der Waals surface area contributed by atoms with Gasteiger partial charge in [0, 0.05) is 45.3 Å². The maximum Gasteiger partial charge on any atom is 0.387 e. The normalized spacial score (nSPS) is 15.1. The van der Waals surface area contributed by atoms with Gasteiger partial charge in [0.1, 0.15) is 5.75 Å². The molecular weight excluding hydrogens is 370 g/mol. The van der Waals surface area contributed by atoms with Gasteiger partial charge in [-0.15, -0.1) is 0 Å². The van der Waals surface area contributed by atoms with Crippen molar-refractivity contribution in [3.8, 4) is 5.75 Å². The van der Waals surface area contributed by atoms with Crippen molar-refractivity contribution >= 4 is 11.9 Å². The smallest absolute Gasteiger partial charge is 0.387 e. The third-order valence-electron chi connectivity index (χ3n) is 4.44. The van der Waals surface area contributed by atoms with Crippen LogP contribution in [0.15, 0.2) is 52.1 Å². The lowest BCUT2D eigenvalue weighted by Crippen LogP contribution is -2.53. The van der Waals surface area contributed by atoms with Gasteiger partial charge in [-0.05, 0) is 18.2 Å². The lowest BCUT2D eigenvalue weighted by atomic mass is 10.2. The van der Waals surface area contributed by atoms with Crippen molar-refractivity contribution in [3.63, 3.8) is 0 Å². The average Bonchev–Trinajstić information content (AvgIpc) is 3.24. The van der Waals surface area contributed by atoms with Crippen molar-refractivity contribution in [2.75, 3.05) is 33.2 Å². The molecule has 2 aromatic rings. The van der Waals surface area contributed by atoms with E-state index in [9.17, 15) is 13.6 Å². The van der Waals surface area contributed by atoms with E-state index in [2.05, 4.69) is 15.0 Å². The molecule has 3 rings (SSSR count). The molecule has 0 unspecified atom stereocenters. The van der Waals surface area contributed by atoms with Crippen LogP contribution < -0.4 is 10.1 Å². The number of carbonyl (C=O) groups is 1. The third kappa shape index (κ3) is 4.79. The summed E-state index contributed by atoms with van der Waals surface area (Å²) in [6.07, 6.45) is 1.48. The van der Waals surface area contributed by atoms with Gasteiger partial charge in [-0.25, -0.2) is 0 Å². The number of hydrogen-bond acceptors (Lipinski definition) is 4. The van der Waals surface area contributed by atoms with E-state index in [0.29, 0.717) is 50.0 Å². The fraction of sp³-hybridized carbons (Fsp3) is 0.368. The highest BCUT2D eigenvalue weighted by Gasteiger charge is 2.25. The van der Waals surface area contributed by atoms with Crippen molar-refractivity contribution < 1.29 is 22.7 Å². The van der Waals surface area contributed by atoms with E-state index in [1.807, 2.05) is 4.90 Å². The van der Waals surface area contributed by atoms with Crippen LogP contribution in [0.3, 0.4) is 0 Å². The van der Waals surface area contributed by atoms with Crippen LogP contribution in [0.4, 0.5) is 8.78 Å². The number of piperazine rings is 1. The molecule has 1 aromatic heterocycles. The summed E-state index contributed by atoms with van der Waals surface area (Å²) in [5.74, 6) is 0.962. The standard InChI is InChI=1S/C19H22F2N4O3/c1-22-19(23-13-14-5-2-3-6-15(14)28-18(20)21)25-10-8-24(9-11-25)17(26)16-7-4-12-27-16/h2-7,12,18H,8-11,13H2,1H3,(H,22,23). The van der Waals surface area contributed by atoms with E-state index >= 15 is 0 Å². The molecule has 9 heteroatoms. The number of carbonyl (C=O) groups excluding carboxylic acids is 1. The molecule has 0 radical (unpaired) electrons. The highest BCUT2D eigenvalue weighted by molar-refractivity contribution is 5.91. The molecule has 1 aliphatic rings. The first-order valence-corrected chi connectivity index (χ1v) is 8.89. The minimum Gasteiger partial charge on any atom is -0.459 e. The predicted molar refractivity (Wildman–Crippen MR) is 99.5 cm³/mol. The van der Waals surface area contributed by atoms with Crippen molar-refractivity contribution in [1.82, 2.24) is 15.1 Å². The van der Waals surface area contributed by atoms with E-state index in [1.165, 1.54) is 12.3 Å². The Hall–Kier alpha value is -3.10. The number of nitrogens with zero attached hydrogens (tertiary/aromatic N) is 3. The van der Waals surface area contributed by atoms with E-state index < -0.39 is 6.61 Å². The molecule has 1 aromatic carbocycles. The number of guanidine groups is 1. The number of amides is 1. The predicted octanol–water partition coefficient (Wildman–Crippen LogP) is 2.41. The minimum atomic E-state index is -2.87. The van der Waals surface area contributed by atoms with Gasteiger partial charge < -0.3 is 24.3 Å². The van der Waals surface area contributed by atoms with Gasteiger partial charge in [0.2, 0.25) is 0 Å². The van der Waals surface area contributed by atoms with Gasteiger partial charge in [0.05, 0.1) is 6.26 Å². The van der Waals surface area contributed by atoms with Gasteiger partial charge >= 0.3 is 6.61 Å². The molecule has 1 N–H and O–H groups in total. The lowest BCUT2D eigenvalue weighted by molar-refractivity contribution is -0.0504. The number of benzene rings is 1. The highest BCUT2D eigenvalue weighted by atomic mass is 19.3. The number of rotatable bonds is 5.